The quantitative estimate of drug-likeness (QED) is 0.848. The molecule has 0 saturated heterocycles. The van der Waals surface area contributed by atoms with Crippen molar-refractivity contribution in [3.63, 3.8) is 0 Å². The van der Waals surface area contributed by atoms with Gasteiger partial charge in [-0.1, -0.05) is 20.8 Å². The Labute approximate surface area is 133 Å². The van der Waals surface area contributed by atoms with Crippen LogP contribution in [0.2, 0.25) is 0 Å². The first kappa shape index (κ1) is 17.0. The number of amides is 1. The van der Waals surface area contributed by atoms with Gasteiger partial charge in [-0.15, -0.1) is 0 Å². The highest BCUT2D eigenvalue weighted by atomic mass is 16.3. The zero-order valence-corrected chi connectivity index (χ0v) is 14.0. The van der Waals surface area contributed by atoms with E-state index in [2.05, 4.69) is 31.2 Å². The number of carbonyl (C=O) groups excluding carboxylic acids is 1. The van der Waals surface area contributed by atoms with E-state index < -0.39 is 0 Å². The molecule has 1 saturated carbocycles. The van der Waals surface area contributed by atoms with Crippen molar-refractivity contribution >= 4 is 5.91 Å². The summed E-state index contributed by atoms with van der Waals surface area (Å²) in [5, 5.41) is 16.7. The van der Waals surface area contributed by atoms with E-state index in [9.17, 15) is 9.90 Å². The molecule has 1 aliphatic carbocycles. The first-order valence-corrected chi connectivity index (χ1v) is 8.51. The third-order valence-electron chi connectivity index (χ3n) is 4.51. The lowest BCUT2D eigenvalue weighted by Gasteiger charge is -2.27. The molecule has 1 aromatic rings. The molecule has 2 N–H and O–H groups in total. The largest absolute Gasteiger partial charge is 0.396 e. The van der Waals surface area contributed by atoms with Crippen LogP contribution in [0.15, 0.2) is 6.20 Å². The van der Waals surface area contributed by atoms with Crippen molar-refractivity contribution in [2.75, 3.05) is 6.61 Å². The first-order valence-electron chi connectivity index (χ1n) is 8.51. The fourth-order valence-electron chi connectivity index (χ4n) is 3.23. The van der Waals surface area contributed by atoms with Crippen LogP contribution in [0.25, 0.3) is 0 Å². The second-order valence-corrected chi connectivity index (χ2v) is 6.81. The summed E-state index contributed by atoms with van der Waals surface area (Å²) in [7, 11) is 0. The highest BCUT2D eigenvalue weighted by Gasteiger charge is 2.24. The van der Waals surface area contributed by atoms with Gasteiger partial charge in [0.1, 0.15) is 0 Å². The van der Waals surface area contributed by atoms with Crippen LogP contribution < -0.4 is 5.32 Å². The Morgan fingerprint density at radius 3 is 2.64 bits per heavy atom. The van der Waals surface area contributed by atoms with Gasteiger partial charge >= 0.3 is 0 Å². The third-order valence-corrected chi connectivity index (χ3v) is 4.51. The number of nitrogens with one attached hydrogen (secondary N) is 1. The molecule has 1 aliphatic rings. The number of carbonyl (C=O) groups is 1. The maximum Gasteiger partial charge on any atom is 0.254 e. The van der Waals surface area contributed by atoms with Crippen molar-refractivity contribution in [3.05, 3.63) is 17.5 Å². The van der Waals surface area contributed by atoms with E-state index in [1.54, 1.807) is 6.20 Å². The van der Waals surface area contributed by atoms with Crippen LogP contribution in [-0.4, -0.2) is 33.4 Å². The lowest BCUT2D eigenvalue weighted by atomic mass is 9.86. The Morgan fingerprint density at radius 2 is 2.09 bits per heavy atom. The number of nitrogens with zero attached hydrogens (tertiary/aromatic N) is 2. The van der Waals surface area contributed by atoms with Crippen molar-refractivity contribution in [2.45, 2.75) is 65.5 Å². The maximum atomic E-state index is 12.5. The van der Waals surface area contributed by atoms with Crippen LogP contribution in [0.5, 0.6) is 0 Å². The molecule has 0 aromatic carbocycles. The topological polar surface area (TPSA) is 67.2 Å². The highest BCUT2D eigenvalue weighted by Crippen LogP contribution is 2.24. The molecule has 0 radical (unpaired) electrons. The third kappa shape index (κ3) is 4.09. The average molecular weight is 307 g/mol. The molecule has 0 spiro atoms. The summed E-state index contributed by atoms with van der Waals surface area (Å²) in [5.74, 6) is 0.919. The van der Waals surface area contributed by atoms with Gasteiger partial charge in [-0.05, 0) is 43.9 Å². The van der Waals surface area contributed by atoms with Crippen LogP contribution in [0, 0.1) is 11.8 Å². The maximum absolute atomic E-state index is 12.5. The Hall–Kier alpha value is -1.36. The van der Waals surface area contributed by atoms with Crippen molar-refractivity contribution in [1.82, 2.24) is 15.1 Å². The summed E-state index contributed by atoms with van der Waals surface area (Å²) in [4.78, 5) is 12.5. The normalized spacial score (nSPS) is 22.0. The van der Waals surface area contributed by atoms with Crippen LogP contribution in [-0.2, 0) is 13.0 Å². The van der Waals surface area contributed by atoms with Gasteiger partial charge in [-0.25, -0.2) is 0 Å². The second kappa shape index (κ2) is 7.77. The SMILES string of the molecule is CCc1c(C(=O)NC2CCC(CO)CC2)cnn1CC(C)C. The van der Waals surface area contributed by atoms with Gasteiger partial charge in [0.25, 0.3) is 5.91 Å². The molecule has 0 unspecified atom stereocenters. The van der Waals surface area contributed by atoms with Gasteiger partial charge in [-0.3, -0.25) is 9.48 Å². The molecule has 0 aliphatic heterocycles. The molecule has 1 aromatic heterocycles. The fourth-order valence-corrected chi connectivity index (χ4v) is 3.23. The molecular weight excluding hydrogens is 278 g/mol. The monoisotopic (exact) mass is 307 g/mol. The standard InChI is InChI=1S/C17H29N3O2/c1-4-16-15(9-18-20(16)10-12(2)3)17(22)19-14-7-5-13(11-21)6-8-14/h9,12-14,21H,4-8,10-11H2,1-3H3,(H,19,22). The zero-order valence-electron chi connectivity index (χ0n) is 14.0. The number of hydrogen-bond acceptors (Lipinski definition) is 3. The molecule has 22 heavy (non-hydrogen) atoms. The predicted molar refractivity (Wildman–Crippen MR) is 86.7 cm³/mol. The Morgan fingerprint density at radius 1 is 1.41 bits per heavy atom. The molecular formula is C17H29N3O2. The minimum absolute atomic E-state index is 0.000644. The van der Waals surface area contributed by atoms with Crippen molar-refractivity contribution < 1.29 is 9.90 Å². The van der Waals surface area contributed by atoms with Gasteiger partial charge in [0, 0.05) is 19.2 Å². The molecule has 2 rings (SSSR count). The molecule has 0 bridgehead atoms. The summed E-state index contributed by atoms with van der Waals surface area (Å²) < 4.78 is 1.96. The van der Waals surface area contributed by atoms with Crippen LogP contribution in [0.1, 0.15) is 62.5 Å². The van der Waals surface area contributed by atoms with Crippen LogP contribution >= 0.6 is 0 Å². The zero-order chi connectivity index (χ0) is 16.1. The fraction of sp³-hybridized carbons (Fsp3) is 0.765. The minimum atomic E-state index is -0.000644. The minimum Gasteiger partial charge on any atom is -0.396 e. The lowest BCUT2D eigenvalue weighted by molar-refractivity contribution is 0.0913. The summed E-state index contributed by atoms with van der Waals surface area (Å²) in [6.45, 7) is 7.48. The van der Waals surface area contributed by atoms with Gasteiger partial charge in [-0.2, -0.15) is 5.10 Å². The first-order chi connectivity index (χ1) is 10.5. The highest BCUT2D eigenvalue weighted by molar-refractivity contribution is 5.95. The van der Waals surface area contributed by atoms with E-state index in [0.29, 0.717) is 17.4 Å². The summed E-state index contributed by atoms with van der Waals surface area (Å²) >= 11 is 0. The Bertz CT molecular complexity index is 488. The molecule has 0 atom stereocenters. The summed E-state index contributed by atoms with van der Waals surface area (Å²) in [5.41, 5.74) is 1.74. The number of hydrogen-bond donors (Lipinski definition) is 2. The number of aliphatic hydroxyl groups is 1. The van der Waals surface area contributed by atoms with Gasteiger partial charge in [0.05, 0.1) is 17.5 Å². The van der Waals surface area contributed by atoms with E-state index in [0.717, 1.165) is 44.3 Å². The number of rotatable bonds is 6. The van der Waals surface area contributed by atoms with Crippen LogP contribution in [0.3, 0.4) is 0 Å². The molecule has 1 heterocycles. The van der Waals surface area contributed by atoms with Crippen molar-refractivity contribution in [1.29, 1.82) is 0 Å². The van der Waals surface area contributed by atoms with E-state index in [1.807, 2.05) is 4.68 Å². The van der Waals surface area contributed by atoms with Crippen molar-refractivity contribution in [3.8, 4) is 0 Å². The molecule has 1 amide bonds. The van der Waals surface area contributed by atoms with Gasteiger partial charge in [0.15, 0.2) is 0 Å². The van der Waals surface area contributed by atoms with E-state index in [-0.39, 0.29) is 18.6 Å². The van der Waals surface area contributed by atoms with Crippen molar-refractivity contribution in [2.24, 2.45) is 11.8 Å². The summed E-state index contributed by atoms with van der Waals surface area (Å²) in [6.07, 6.45) is 6.42. The smallest absolute Gasteiger partial charge is 0.254 e. The molecule has 5 nitrogen and oxygen atoms in total. The number of aliphatic hydroxyl groups excluding tert-OH is 1. The van der Waals surface area contributed by atoms with Gasteiger partial charge < -0.3 is 10.4 Å². The Kier molecular flexibility index (Phi) is 6.00. The van der Waals surface area contributed by atoms with Gasteiger partial charge in [0.2, 0.25) is 0 Å². The van der Waals surface area contributed by atoms with Crippen LogP contribution in [0.4, 0.5) is 0 Å². The van der Waals surface area contributed by atoms with E-state index >= 15 is 0 Å². The van der Waals surface area contributed by atoms with E-state index in [1.165, 1.54) is 0 Å². The average Bonchev–Trinajstić information content (AvgIpc) is 2.90. The molecule has 124 valence electrons. The molecule has 1 fully saturated rings. The number of aromatic nitrogens is 2. The molecule has 5 heteroatoms. The lowest BCUT2D eigenvalue weighted by Crippen LogP contribution is -2.38. The predicted octanol–water partition coefficient (Wildman–Crippen LogP) is 2.38. The Balaban J connectivity index is 1.99. The second-order valence-electron chi connectivity index (χ2n) is 6.81. The summed E-state index contributed by atoms with van der Waals surface area (Å²) in [6, 6.07) is 0.230. The van der Waals surface area contributed by atoms with E-state index in [4.69, 9.17) is 0 Å².